The van der Waals surface area contributed by atoms with Gasteiger partial charge in [-0.3, -0.25) is 4.79 Å². The van der Waals surface area contributed by atoms with Crippen molar-refractivity contribution < 1.29 is 9.18 Å². The largest absolute Gasteiger partial charge is 0.332 e. The van der Waals surface area contributed by atoms with E-state index in [4.69, 9.17) is 0 Å². The second kappa shape index (κ2) is 5.82. The number of amides is 1. The molecule has 0 spiro atoms. The fourth-order valence-electron chi connectivity index (χ4n) is 2.68. The summed E-state index contributed by atoms with van der Waals surface area (Å²) in [6, 6.07) is 8.43. The average molecular weight is 301 g/mol. The summed E-state index contributed by atoms with van der Waals surface area (Å²) in [4.78, 5) is 15.6. The van der Waals surface area contributed by atoms with Gasteiger partial charge in [0.2, 0.25) is 5.91 Å². The van der Waals surface area contributed by atoms with Crippen LogP contribution in [0.4, 0.5) is 4.39 Å². The summed E-state index contributed by atoms with van der Waals surface area (Å²) in [7, 11) is 0. The van der Waals surface area contributed by atoms with Crippen molar-refractivity contribution in [3.05, 3.63) is 63.6 Å². The fraction of sp³-hybridized carbons (Fsp3) is 0.235. The first kappa shape index (κ1) is 14.0. The lowest BCUT2D eigenvalue weighted by atomic mass is 10.0. The minimum absolute atomic E-state index is 0.0244. The van der Waals surface area contributed by atoms with E-state index in [1.807, 2.05) is 4.90 Å². The Labute approximate surface area is 127 Å². The van der Waals surface area contributed by atoms with Crippen LogP contribution in [-0.2, 0) is 11.2 Å². The van der Waals surface area contributed by atoms with E-state index in [-0.39, 0.29) is 17.8 Å². The molecule has 2 heterocycles. The Morgan fingerprint density at radius 1 is 1.43 bits per heavy atom. The lowest BCUT2D eigenvalue weighted by molar-refractivity contribution is -0.128. The van der Waals surface area contributed by atoms with Gasteiger partial charge in [0, 0.05) is 17.5 Å². The van der Waals surface area contributed by atoms with Crippen molar-refractivity contribution in [2.45, 2.75) is 19.4 Å². The van der Waals surface area contributed by atoms with Crippen molar-refractivity contribution in [2.75, 3.05) is 6.54 Å². The number of halogens is 1. The van der Waals surface area contributed by atoms with Gasteiger partial charge in [-0.15, -0.1) is 11.3 Å². The molecule has 0 aliphatic carbocycles. The third-order valence-electron chi connectivity index (χ3n) is 3.83. The normalized spacial score (nSPS) is 18.0. The van der Waals surface area contributed by atoms with Crippen LogP contribution in [0.25, 0.3) is 6.08 Å². The number of hydrogen-bond donors (Lipinski definition) is 0. The van der Waals surface area contributed by atoms with Crippen LogP contribution in [0.15, 0.2) is 41.8 Å². The van der Waals surface area contributed by atoms with E-state index >= 15 is 0 Å². The Kier molecular flexibility index (Phi) is 3.88. The lowest BCUT2D eigenvalue weighted by Gasteiger charge is -2.32. The molecule has 1 aliphatic heterocycles. The molecule has 0 radical (unpaired) electrons. The first-order valence-electron chi connectivity index (χ1n) is 6.95. The van der Waals surface area contributed by atoms with Gasteiger partial charge in [-0.25, -0.2) is 4.39 Å². The molecule has 0 saturated carbocycles. The van der Waals surface area contributed by atoms with E-state index in [9.17, 15) is 9.18 Å². The quantitative estimate of drug-likeness (QED) is 0.766. The third-order valence-corrected chi connectivity index (χ3v) is 4.82. The molecule has 1 unspecified atom stereocenters. The zero-order valence-electron chi connectivity index (χ0n) is 11.8. The van der Waals surface area contributed by atoms with Gasteiger partial charge in [-0.1, -0.05) is 12.1 Å². The highest BCUT2D eigenvalue weighted by Crippen LogP contribution is 2.32. The minimum Gasteiger partial charge on any atom is -0.332 e. The molecule has 1 amide bonds. The smallest absolute Gasteiger partial charge is 0.247 e. The maximum atomic E-state index is 13.1. The molecule has 0 saturated heterocycles. The highest BCUT2D eigenvalue weighted by Gasteiger charge is 2.26. The van der Waals surface area contributed by atoms with Gasteiger partial charge in [-0.2, -0.15) is 0 Å². The molecule has 2 nitrogen and oxygen atoms in total. The van der Waals surface area contributed by atoms with Crippen molar-refractivity contribution in [1.82, 2.24) is 4.90 Å². The van der Waals surface area contributed by atoms with E-state index in [0.717, 1.165) is 13.0 Å². The Balaban J connectivity index is 1.74. The monoisotopic (exact) mass is 301 g/mol. The van der Waals surface area contributed by atoms with Crippen LogP contribution in [0, 0.1) is 5.82 Å². The van der Waals surface area contributed by atoms with Crippen molar-refractivity contribution >= 4 is 23.3 Å². The highest BCUT2D eigenvalue weighted by molar-refractivity contribution is 7.10. The lowest BCUT2D eigenvalue weighted by Crippen LogP contribution is -2.37. The molecule has 1 aromatic carbocycles. The van der Waals surface area contributed by atoms with Crippen LogP contribution in [0.2, 0.25) is 0 Å². The molecule has 4 heteroatoms. The molecule has 1 aliphatic rings. The molecule has 3 rings (SSSR count). The van der Waals surface area contributed by atoms with Crippen molar-refractivity contribution in [1.29, 1.82) is 0 Å². The van der Waals surface area contributed by atoms with Crippen LogP contribution in [0.3, 0.4) is 0 Å². The van der Waals surface area contributed by atoms with Crippen molar-refractivity contribution in [3.63, 3.8) is 0 Å². The first-order chi connectivity index (χ1) is 10.1. The van der Waals surface area contributed by atoms with Crippen LogP contribution < -0.4 is 0 Å². The van der Waals surface area contributed by atoms with Crippen molar-refractivity contribution in [3.8, 4) is 0 Å². The van der Waals surface area contributed by atoms with Gasteiger partial charge in [-0.05, 0) is 54.1 Å². The minimum atomic E-state index is -0.293. The average Bonchev–Trinajstić information content (AvgIpc) is 2.95. The summed E-state index contributed by atoms with van der Waals surface area (Å²) in [5, 5.41) is 2.08. The molecule has 108 valence electrons. The number of fused-ring (bicyclic) bond motifs is 1. The molecule has 0 bridgehead atoms. The summed E-state index contributed by atoms with van der Waals surface area (Å²) in [5.41, 5.74) is 1.95. The predicted octanol–water partition coefficient (Wildman–Crippen LogP) is 4.05. The molecule has 1 atom stereocenters. The van der Waals surface area contributed by atoms with Crippen LogP contribution in [0.5, 0.6) is 0 Å². The molecule has 2 aromatic rings. The Bertz CT molecular complexity index is 692. The predicted molar refractivity (Wildman–Crippen MR) is 83.6 cm³/mol. The number of carbonyl (C=O) groups is 1. The van der Waals surface area contributed by atoms with Crippen LogP contribution in [0.1, 0.15) is 29.0 Å². The van der Waals surface area contributed by atoms with Crippen molar-refractivity contribution in [2.24, 2.45) is 0 Å². The Hall–Kier alpha value is -1.94. The molecule has 0 N–H and O–H groups in total. The van der Waals surface area contributed by atoms with E-state index in [2.05, 4.69) is 18.4 Å². The fourth-order valence-corrected chi connectivity index (χ4v) is 3.65. The molecular weight excluding hydrogens is 285 g/mol. The number of rotatable bonds is 2. The molecule has 1 aromatic heterocycles. The van der Waals surface area contributed by atoms with E-state index < -0.39 is 0 Å². The van der Waals surface area contributed by atoms with E-state index in [1.54, 1.807) is 29.5 Å². The third kappa shape index (κ3) is 2.90. The zero-order valence-corrected chi connectivity index (χ0v) is 12.6. The van der Waals surface area contributed by atoms with Gasteiger partial charge in [0.25, 0.3) is 0 Å². The first-order valence-corrected chi connectivity index (χ1v) is 7.83. The Morgan fingerprint density at radius 2 is 2.29 bits per heavy atom. The zero-order chi connectivity index (χ0) is 14.8. The number of thiophene rings is 1. The van der Waals surface area contributed by atoms with Gasteiger partial charge in [0.05, 0.1) is 6.04 Å². The number of hydrogen-bond acceptors (Lipinski definition) is 2. The maximum absolute atomic E-state index is 13.1. The summed E-state index contributed by atoms with van der Waals surface area (Å²) in [6.07, 6.45) is 4.11. The van der Waals surface area contributed by atoms with Gasteiger partial charge in [0.15, 0.2) is 0 Å². The molecular formula is C17H16FNOS. The summed E-state index contributed by atoms with van der Waals surface area (Å²) in [5.74, 6) is -0.317. The van der Waals surface area contributed by atoms with E-state index in [0.29, 0.717) is 5.56 Å². The SMILES string of the molecule is CC1c2ccsc2CCN1C(=O)/C=C/c1cccc(F)c1. The number of nitrogens with zero attached hydrogens (tertiary/aromatic N) is 1. The number of carbonyl (C=O) groups excluding carboxylic acids is 1. The Morgan fingerprint density at radius 3 is 3.10 bits per heavy atom. The second-order valence-corrected chi connectivity index (χ2v) is 6.15. The number of benzene rings is 1. The maximum Gasteiger partial charge on any atom is 0.247 e. The van der Waals surface area contributed by atoms with Gasteiger partial charge in [0.1, 0.15) is 5.82 Å². The van der Waals surface area contributed by atoms with E-state index in [1.165, 1.54) is 28.6 Å². The van der Waals surface area contributed by atoms with Gasteiger partial charge < -0.3 is 4.90 Å². The molecule has 0 fully saturated rings. The molecule has 21 heavy (non-hydrogen) atoms. The second-order valence-electron chi connectivity index (χ2n) is 5.15. The van der Waals surface area contributed by atoms with Gasteiger partial charge >= 0.3 is 0 Å². The summed E-state index contributed by atoms with van der Waals surface area (Å²) >= 11 is 1.76. The van der Waals surface area contributed by atoms with Crippen LogP contribution >= 0.6 is 11.3 Å². The summed E-state index contributed by atoms with van der Waals surface area (Å²) in [6.45, 7) is 2.79. The standard InChI is InChI=1S/C17H16FNOS/c1-12-15-8-10-21-16(15)7-9-19(12)17(20)6-5-13-3-2-4-14(18)11-13/h2-6,8,10-12H,7,9H2,1H3/b6-5+. The van der Waals surface area contributed by atoms with Crippen LogP contribution in [-0.4, -0.2) is 17.4 Å². The summed E-state index contributed by atoms with van der Waals surface area (Å²) < 4.78 is 13.1. The highest BCUT2D eigenvalue weighted by atomic mass is 32.1. The topological polar surface area (TPSA) is 20.3 Å².